The van der Waals surface area contributed by atoms with Gasteiger partial charge < -0.3 is 5.32 Å². The quantitative estimate of drug-likeness (QED) is 0.925. The van der Waals surface area contributed by atoms with Crippen LogP contribution in [0.2, 0.25) is 0 Å². The zero-order valence-corrected chi connectivity index (χ0v) is 13.1. The van der Waals surface area contributed by atoms with E-state index >= 15 is 0 Å². The number of hydrogen-bond donors (Lipinski definition) is 1. The lowest BCUT2D eigenvalue weighted by Crippen LogP contribution is -2.59. The van der Waals surface area contributed by atoms with E-state index in [1.807, 2.05) is 0 Å². The fourth-order valence-corrected chi connectivity index (χ4v) is 5.55. The molecule has 20 heavy (non-hydrogen) atoms. The molecule has 2 heterocycles. The van der Waals surface area contributed by atoms with Crippen LogP contribution in [-0.2, 0) is 16.3 Å². The average Bonchev–Trinajstić information content (AvgIpc) is 2.69. The summed E-state index contributed by atoms with van der Waals surface area (Å²) in [4.78, 5) is 0. The van der Waals surface area contributed by atoms with Crippen LogP contribution in [-0.4, -0.2) is 33.0 Å². The largest absolute Gasteiger partial charge is 0.315 e. The van der Waals surface area contributed by atoms with Crippen LogP contribution in [0.5, 0.6) is 0 Å². The van der Waals surface area contributed by atoms with Crippen LogP contribution < -0.4 is 5.32 Å². The minimum Gasteiger partial charge on any atom is -0.315 e. The lowest BCUT2D eigenvalue weighted by Gasteiger charge is -2.47. The maximum Gasteiger partial charge on any atom is 0.150 e. The van der Waals surface area contributed by atoms with Crippen LogP contribution in [0.25, 0.3) is 0 Å². The van der Waals surface area contributed by atoms with E-state index in [1.165, 1.54) is 16.7 Å². The van der Waals surface area contributed by atoms with Crippen LogP contribution in [0.1, 0.15) is 23.1 Å². The third-order valence-electron chi connectivity index (χ3n) is 5.18. The van der Waals surface area contributed by atoms with Crippen LogP contribution in [0.3, 0.4) is 0 Å². The van der Waals surface area contributed by atoms with Crippen LogP contribution in [0, 0.1) is 25.2 Å². The van der Waals surface area contributed by atoms with E-state index in [1.54, 1.807) is 0 Å². The number of benzene rings is 1. The fourth-order valence-electron chi connectivity index (χ4n) is 3.60. The Hall–Kier alpha value is -0.870. The minimum absolute atomic E-state index is 0.158. The second-order valence-corrected chi connectivity index (χ2v) is 8.89. The van der Waals surface area contributed by atoms with Gasteiger partial charge in [0, 0.05) is 18.5 Å². The molecule has 3 nitrogen and oxygen atoms in total. The molecule has 2 aliphatic rings. The Balaban J connectivity index is 1.81. The fraction of sp³-hybridized carbons (Fsp3) is 0.625. The lowest BCUT2D eigenvalue weighted by molar-refractivity contribution is 0.0924. The Morgan fingerprint density at radius 2 is 2.00 bits per heavy atom. The molecule has 1 aromatic rings. The summed E-state index contributed by atoms with van der Waals surface area (Å²) in [6, 6.07) is 6.64. The Morgan fingerprint density at radius 1 is 1.25 bits per heavy atom. The van der Waals surface area contributed by atoms with Crippen LogP contribution in [0.4, 0.5) is 0 Å². The second-order valence-electron chi connectivity index (χ2n) is 6.66. The molecular formula is C16H23NO2S. The minimum atomic E-state index is -2.79. The number of nitrogens with one attached hydrogen (secondary N) is 1. The van der Waals surface area contributed by atoms with Crippen molar-refractivity contribution >= 4 is 9.84 Å². The first-order chi connectivity index (χ1) is 9.40. The molecule has 0 aliphatic carbocycles. The molecule has 1 aromatic carbocycles. The molecule has 0 aromatic heterocycles. The van der Waals surface area contributed by atoms with E-state index in [4.69, 9.17) is 0 Å². The van der Waals surface area contributed by atoms with Crippen LogP contribution >= 0.6 is 0 Å². The van der Waals surface area contributed by atoms with E-state index in [0.717, 1.165) is 25.9 Å². The van der Waals surface area contributed by atoms with Gasteiger partial charge in [-0.1, -0.05) is 18.2 Å². The highest BCUT2D eigenvalue weighted by Gasteiger charge is 2.48. The highest BCUT2D eigenvalue weighted by Crippen LogP contribution is 2.42. The van der Waals surface area contributed by atoms with Gasteiger partial charge in [0.2, 0.25) is 0 Å². The van der Waals surface area contributed by atoms with E-state index in [2.05, 4.69) is 37.4 Å². The van der Waals surface area contributed by atoms with Gasteiger partial charge in [0.1, 0.15) is 0 Å². The molecule has 110 valence electrons. The molecule has 0 spiro atoms. The Kier molecular flexibility index (Phi) is 3.41. The van der Waals surface area contributed by atoms with Crippen molar-refractivity contribution in [3.05, 3.63) is 34.9 Å². The Labute approximate surface area is 121 Å². The van der Waals surface area contributed by atoms with Crippen molar-refractivity contribution in [2.75, 3.05) is 24.6 Å². The Bertz CT molecular complexity index is 617. The summed E-state index contributed by atoms with van der Waals surface area (Å²) in [6.07, 6.45) is 1.84. The molecule has 0 saturated carbocycles. The first-order valence-corrected chi connectivity index (χ1v) is 9.20. The highest BCUT2D eigenvalue weighted by atomic mass is 32.2. The molecule has 1 atom stereocenters. The topological polar surface area (TPSA) is 46.2 Å². The van der Waals surface area contributed by atoms with Gasteiger partial charge in [-0.25, -0.2) is 8.42 Å². The summed E-state index contributed by atoms with van der Waals surface area (Å²) in [6.45, 7) is 6.19. The van der Waals surface area contributed by atoms with E-state index in [-0.39, 0.29) is 5.41 Å². The highest BCUT2D eigenvalue weighted by molar-refractivity contribution is 7.91. The summed E-state index contributed by atoms with van der Waals surface area (Å²) in [7, 11) is -2.79. The van der Waals surface area contributed by atoms with Crippen molar-refractivity contribution in [2.45, 2.75) is 26.7 Å². The van der Waals surface area contributed by atoms with Gasteiger partial charge in [-0.15, -0.1) is 0 Å². The van der Waals surface area contributed by atoms with Gasteiger partial charge in [0.25, 0.3) is 0 Å². The van der Waals surface area contributed by atoms with Crippen molar-refractivity contribution in [3.8, 4) is 0 Å². The summed E-state index contributed by atoms with van der Waals surface area (Å²) < 4.78 is 23.5. The average molecular weight is 293 g/mol. The van der Waals surface area contributed by atoms with Crippen molar-refractivity contribution in [1.82, 2.24) is 5.32 Å². The van der Waals surface area contributed by atoms with Gasteiger partial charge in [0.05, 0.1) is 11.5 Å². The van der Waals surface area contributed by atoms with Crippen molar-refractivity contribution in [3.63, 3.8) is 0 Å². The monoisotopic (exact) mass is 293 g/mol. The van der Waals surface area contributed by atoms with Gasteiger partial charge >= 0.3 is 0 Å². The van der Waals surface area contributed by atoms with Gasteiger partial charge in [0.15, 0.2) is 9.84 Å². The smallest absolute Gasteiger partial charge is 0.150 e. The zero-order chi connectivity index (χ0) is 14.4. The SMILES string of the molecule is Cc1ccc(CC2(C3CCS(=O)(=O)C3)CNC2)cc1C. The molecule has 0 amide bonds. The number of sulfone groups is 1. The predicted octanol–water partition coefficient (Wildman–Crippen LogP) is 1.87. The molecule has 4 heteroatoms. The molecule has 2 aliphatic heterocycles. The predicted molar refractivity (Wildman–Crippen MR) is 81.7 cm³/mol. The zero-order valence-electron chi connectivity index (χ0n) is 12.3. The standard InChI is InChI=1S/C16H23NO2S/c1-12-3-4-14(7-13(12)2)8-16(10-17-11-16)15-5-6-20(18,19)9-15/h3-4,7,15,17H,5-6,8-11H2,1-2H3. The maximum absolute atomic E-state index is 11.8. The molecule has 3 rings (SSSR count). The lowest BCUT2D eigenvalue weighted by atomic mass is 9.66. The third-order valence-corrected chi connectivity index (χ3v) is 6.95. The summed E-state index contributed by atoms with van der Waals surface area (Å²) in [5, 5.41) is 3.36. The van der Waals surface area contributed by atoms with E-state index in [0.29, 0.717) is 17.4 Å². The van der Waals surface area contributed by atoms with Gasteiger partial charge in [-0.3, -0.25) is 0 Å². The third kappa shape index (κ3) is 2.51. The molecule has 1 unspecified atom stereocenters. The van der Waals surface area contributed by atoms with E-state index in [9.17, 15) is 8.42 Å². The molecule has 0 bridgehead atoms. The summed E-state index contributed by atoms with van der Waals surface area (Å²) in [5.41, 5.74) is 4.14. The number of hydrogen-bond acceptors (Lipinski definition) is 3. The molecular weight excluding hydrogens is 270 g/mol. The van der Waals surface area contributed by atoms with E-state index < -0.39 is 9.84 Å². The first-order valence-electron chi connectivity index (χ1n) is 7.38. The second kappa shape index (κ2) is 4.85. The maximum atomic E-state index is 11.8. The summed E-state index contributed by atoms with van der Waals surface area (Å²) in [5.74, 6) is 1.10. The van der Waals surface area contributed by atoms with Gasteiger partial charge in [-0.05, 0) is 49.3 Å². The molecule has 2 fully saturated rings. The number of aryl methyl sites for hydroxylation is 2. The molecule has 1 N–H and O–H groups in total. The van der Waals surface area contributed by atoms with Crippen molar-refractivity contribution in [2.24, 2.45) is 11.3 Å². The summed E-state index contributed by atoms with van der Waals surface area (Å²) >= 11 is 0. The number of rotatable bonds is 3. The Morgan fingerprint density at radius 3 is 2.50 bits per heavy atom. The first kappa shape index (κ1) is 14.1. The van der Waals surface area contributed by atoms with Crippen molar-refractivity contribution in [1.29, 1.82) is 0 Å². The molecule has 0 radical (unpaired) electrons. The molecule has 2 saturated heterocycles. The van der Waals surface area contributed by atoms with Crippen LogP contribution in [0.15, 0.2) is 18.2 Å². The normalized spacial score (nSPS) is 27.2. The van der Waals surface area contributed by atoms with Crippen molar-refractivity contribution < 1.29 is 8.42 Å². The van der Waals surface area contributed by atoms with Gasteiger partial charge in [-0.2, -0.15) is 0 Å².